The molecule has 0 saturated heterocycles. The van der Waals surface area contributed by atoms with Crippen LogP contribution in [0.1, 0.15) is 25.8 Å². The summed E-state index contributed by atoms with van der Waals surface area (Å²) in [7, 11) is 0. The summed E-state index contributed by atoms with van der Waals surface area (Å²) >= 11 is 12.0. The first kappa shape index (κ1) is 21.1. The van der Waals surface area contributed by atoms with Crippen LogP contribution < -0.4 is 10.1 Å². The van der Waals surface area contributed by atoms with Crippen LogP contribution in [0.15, 0.2) is 42.5 Å². The average Bonchev–Trinajstić information content (AvgIpc) is 2.64. The molecule has 27 heavy (non-hydrogen) atoms. The fourth-order valence-electron chi connectivity index (χ4n) is 2.40. The van der Waals surface area contributed by atoms with Crippen molar-refractivity contribution in [3.63, 3.8) is 0 Å². The Labute approximate surface area is 168 Å². The summed E-state index contributed by atoms with van der Waals surface area (Å²) in [5, 5.41) is 3.20. The normalized spacial score (nSPS) is 11.6. The maximum atomic E-state index is 12.2. The van der Waals surface area contributed by atoms with Crippen molar-refractivity contribution in [3.05, 3.63) is 58.1 Å². The lowest BCUT2D eigenvalue weighted by molar-refractivity contribution is -0.153. The van der Waals surface area contributed by atoms with Gasteiger partial charge in [0, 0.05) is 6.42 Å². The molecule has 0 spiro atoms. The average molecular weight is 410 g/mol. The number of rotatable bonds is 8. The second-order valence-corrected chi connectivity index (χ2v) is 6.57. The number of aryl methyl sites for hydroxylation is 1. The van der Waals surface area contributed by atoms with E-state index in [4.69, 9.17) is 32.7 Å². The van der Waals surface area contributed by atoms with Crippen molar-refractivity contribution in [2.75, 3.05) is 11.9 Å². The molecule has 0 aliphatic rings. The van der Waals surface area contributed by atoms with Crippen LogP contribution in [0.4, 0.5) is 5.69 Å². The van der Waals surface area contributed by atoms with Gasteiger partial charge in [-0.15, -0.1) is 0 Å². The molecule has 0 aliphatic heterocycles. The smallest absolute Gasteiger partial charge is 0.306 e. The molecule has 0 aromatic heterocycles. The fraction of sp³-hybridized carbons (Fsp3) is 0.300. The van der Waals surface area contributed by atoms with Crippen molar-refractivity contribution >= 4 is 40.8 Å². The van der Waals surface area contributed by atoms with Gasteiger partial charge < -0.3 is 14.8 Å². The summed E-state index contributed by atoms with van der Waals surface area (Å²) in [4.78, 5) is 24.3. The summed E-state index contributed by atoms with van der Waals surface area (Å²) < 4.78 is 10.7. The molecule has 2 rings (SSSR count). The number of anilines is 1. The Balaban J connectivity index is 1.89. The third kappa shape index (κ3) is 6.15. The van der Waals surface area contributed by atoms with E-state index in [0.717, 1.165) is 11.3 Å². The number of para-hydroxylation sites is 2. The lowest BCUT2D eigenvalue weighted by Crippen LogP contribution is -2.30. The molecule has 1 N–H and O–H groups in total. The minimum Gasteiger partial charge on any atom is -0.494 e. The highest BCUT2D eigenvalue weighted by Crippen LogP contribution is 2.30. The molecule has 1 amide bonds. The largest absolute Gasteiger partial charge is 0.494 e. The third-order valence-corrected chi connectivity index (χ3v) is 4.39. The number of amides is 1. The second-order valence-electron chi connectivity index (χ2n) is 5.76. The number of nitrogens with one attached hydrogen (secondary N) is 1. The number of carbonyl (C=O) groups is 2. The molecule has 0 radical (unpaired) electrons. The van der Waals surface area contributed by atoms with Crippen LogP contribution in [0.2, 0.25) is 10.0 Å². The van der Waals surface area contributed by atoms with E-state index in [-0.39, 0.29) is 6.42 Å². The fourth-order valence-corrected chi connectivity index (χ4v) is 2.89. The van der Waals surface area contributed by atoms with Crippen molar-refractivity contribution in [3.8, 4) is 5.75 Å². The summed E-state index contributed by atoms with van der Waals surface area (Å²) in [6, 6.07) is 12.4. The zero-order valence-electron chi connectivity index (χ0n) is 15.1. The molecular formula is C20H21Cl2NO4. The van der Waals surface area contributed by atoms with E-state index in [9.17, 15) is 9.59 Å². The number of esters is 1. The van der Waals surface area contributed by atoms with Crippen LogP contribution in [-0.2, 0) is 20.7 Å². The van der Waals surface area contributed by atoms with E-state index in [1.807, 2.05) is 31.2 Å². The standard InChI is InChI=1S/C20H21Cl2NO4/c1-3-26-17-10-5-4-7-14(17)11-12-18(24)27-13(2)20(25)23-19-15(21)8-6-9-16(19)22/h4-10,13H,3,11-12H2,1-2H3,(H,23,25)/t13-/m0/s1. The summed E-state index contributed by atoms with van der Waals surface area (Å²) in [6.45, 7) is 3.94. The molecule has 144 valence electrons. The predicted octanol–water partition coefficient (Wildman–Crippen LogP) is 4.90. The van der Waals surface area contributed by atoms with Crippen LogP contribution >= 0.6 is 23.2 Å². The van der Waals surface area contributed by atoms with Crippen molar-refractivity contribution in [2.45, 2.75) is 32.8 Å². The third-order valence-electron chi connectivity index (χ3n) is 3.76. The van der Waals surface area contributed by atoms with Gasteiger partial charge in [0.2, 0.25) is 0 Å². The Morgan fingerprint density at radius 1 is 1.07 bits per heavy atom. The molecule has 5 nitrogen and oxygen atoms in total. The van der Waals surface area contributed by atoms with Crippen molar-refractivity contribution in [1.29, 1.82) is 0 Å². The monoisotopic (exact) mass is 409 g/mol. The van der Waals surface area contributed by atoms with Gasteiger partial charge in [-0.1, -0.05) is 47.5 Å². The summed E-state index contributed by atoms with van der Waals surface area (Å²) in [5.74, 6) is -0.241. The summed E-state index contributed by atoms with van der Waals surface area (Å²) in [6.07, 6.45) is -0.388. The SMILES string of the molecule is CCOc1ccccc1CCC(=O)O[C@@H](C)C(=O)Nc1c(Cl)cccc1Cl. The van der Waals surface area contributed by atoms with Crippen LogP contribution in [0.25, 0.3) is 0 Å². The number of benzene rings is 2. The van der Waals surface area contributed by atoms with Gasteiger partial charge in [-0.2, -0.15) is 0 Å². The predicted molar refractivity (Wildman–Crippen MR) is 107 cm³/mol. The maximum Gasteiger partial charge on any atom is 0.306 e. The highest BCUT2D eigenvalue weighted by molar-refractivity contribution is 6.39. The maximum absolute atomic E-state index is 12.2. The van der Waals surface area contributed by atoms with Gasteiger partial charge in [-0.05, 0) is 44.0 Å². The van der Waals surface area contributed by atoms with E-state index in [1.54, 1.807) is 18.2 Å². The number of hydrogen-bond acceptors (Lipinski definition) is 4. The van der Waals surface area contributed by atoms with Gasteiger partial charge in [0.25, 0.3) is 5.91 Å². The zero-order chi connectivity index (χ0) is 19.8. The van der Waals surface area contributed by atoms with Crippen molar-refractivity contribution in [2.24, 2.45) is 0 Å². The van der Waals surface area contributed by atoms with E-state index in [0.29, 0.717) is 28.8 Å². The number of carbonyl (C=O) groups excluding carboxylic acids is 2. The molecular weight excluding hydrogens is 389 g/mol. The Kier molecular flexibility index (Phi) is 7.95. The van der Waals surface area contributed by atoms with Gasteiger partial charge in [0.1, 0.15) is 5.75 Å². The van der Waals surface area contributed by atoms with Crippen molar-refractivity contribution < 1.29 is 19.1 Å². The number of hydrogen-bond donors (Lipinski definition) is 1. The quantitative estimate of drug-likeness (QED) is 0.629. The van der Waals surface area contributed by atoms with E-state index in [1.165, 1.54) is 6.92 Å². The Hall–Kier alpha value is -2.24. The zero-order valence-corrected chi connectivity index (χ0v) is 16.6. The highest BCUT2D eigenvalue weighted by Gasteiger charge is 2.20. The topological polar surface area (TPSA) is 64.6 Å². The Morgan fingerprint density at radius 2 is 1.74 bits per heavy atom. The number of ether oxygens (including phenoxy) is 2. The van der Waals surface area contributed by atoms with E-state index in [2.05, 4.69) is 5.32 Å². The van der Waals surface area contributed by atoms with E-state index < -0.39 is 18.0 Å². The van der Waals surface area contributed by atoms with Gasteiger partial charge in [0.05, 0.1) is 22.3 Å². The molecule has 0 bridgehead atoms. The van der Waals surface area contributed by atoms with Gasteiger partial charge in [0.15, 0.2) is 6.10 Å². The van der Waals surface area contributed by atoms with Crippen LogP contribution in [0.3, 0.4) is 0 Å². The van der Waals surface area contributed by atoms with Crippen LogP contribution in [0.5, 0.6) is 5.75 Å². The lowest BCUT2D eigenvalue weighted by Gasteiger charge is -2.15. The molecule has 0 unspecified atom stereocenters. The molecule has 1 atom stereocenters. The Morgan fingerprint density at radius 3 is 2.41 bits per heavy atom. The van der Waals surface area contributed by atoms with Crippen LogP contribution in [-0.4, -0.2) is 24.6 Å². The minimum absolute atomic E-state index is 0.133. The van der Waals surface area contributed by atoms with Gasteiger partial charge in [-0.3, -0.25) is 9.59 Å². The highest BCUT2D eigenvalue weighted by atomic mass is 35.5. The first-order chi connectivity index (χ1) is 12.9. The first-order valence-electron chi connectivity index (χ1n) is 8.57. The summed E-state index contributed by atoms with van der Waals surface area (Å²) in [5.41, 5.74) is 1.20. The van der Waals surface area contributed by atoms with Gasteiger partial charge in [-0.25, -0.2) is 0 Å². The van der Waals surface area contributed by atoms with E-state index >= 15 is 0 Å². The molecule has 0 heterocycles. The molecule has 0 saturated carbocycles. The Bertz CT molecular complexity index is 790. The molecule has 0 fully saturated rings. The molecule has 2 aromatic carbocycles. The second kappa shape index (κ2) is 10.2. The molecule has 0 aliphatic carbocycles. The molecule has 2 aromatic rings. The van der Waals surface area contributed by atoms with Crippen molar-refractivity contribution in [1.82, 2.24) is 0 Å². The van der Waals surface area contributed by atoms with Crippen LogP contribution in [0, 0.1) is 0 Å². The lowest BCUT2D eigenvalue weighted by atomic mass is 10.1. The number of halogens is 2. The minimum atomic E-state index is -0.980. The van der Waals surface area contributed by atoms with Gasteiger partial charge >= 0.3 is 5.97 Å². The molecule has 7 heteroatoms. The first-order valence-corrected chi connectivity index (χ1v) is 9.33.